The van der Waals surface area contributed by atoms with Gasteiger partial charge in [0.15, 0.2) is 5.82 Å². The Labute approximate surface area is 170 Å². The fourth-order valence-electron chi connectivity index (χ4n) is 2.48. The Balaban J connectivity index is 2.09. The van der Waals surface area contributed by atoms with Gasteiger partial charge in [-0.3, -0.25) is 4.55 Å². The first-order chi connectivity index (χ1) is 13.0. The third kappa shape index (κ3) is 4.41. The molecule has 3 rings (SSSR count). The van der Waals surface area contributed by atoms with Gasteiger partial charge < -0.3 is 4.74 Å². The third-order valence-electron chi connectivity index (χ3n) is 3.68. The average molecular weight is 468 g/mol. The van der Waals surface area contributed by atoms with Crippen LogP contribution in [-0.2, 0) is 22.4 Å². The number of esters is 1. The van der Waals surface area contributed by atoms with Crippen LogP contribution in [0.4, 0.5) is 11.5 Å². The molecule has 1 unspecified atom stereocenters. The Morgan fingerprint density at radius 2 is 2.00 bits per heavy atom. The van der Waals surface area contributed by atoms with E-state index in [2.05, 4.69) is 24.7 Å². The van der Waals surface area contributed by atoms with Gasteiger partial charge in [0, 0.05) is 10.9 Å². The number of carbonyl (C=O) groups excluding carboxylic acids is 1. The second kappa shape index (κ2) is 8.70. The summed E-state index contributed by atoms with van der Waals surface area (Å²) in [5.74, 6) is -0.409. The summed E-state index contributed by atoms with van der Waals surface area (Å²) in [6, 6.07) is 14.3. The smallest absolute Gasteiger partial charge is 0.340 e. The molecule has 0 aliphatic rings. The van der Waals surface area contributed by atoms with Crippen LogP contribution in [0.2, 0.25) is 0 Å². The molecule has 27 heavy (non-hydrogen) atoms. The largest absolute Gasteiger partial charge is 0.465 e. The molecule has 0 bridgehead atoms. The lowest BCUT2D eigenvalue weighted by molar-refractivity contribution is 0.0601. The highest BCUT2D eigenvalue weighted by Gasteiger charge is 2.27. The Morgan fingerprint density at radius 3 is 2.67 bits per heavy atom. The lowest BCUT2D eigenvalue weighted by Crippen LogP contribution is -2.23. The van der Waals surface area contributed by atoms with Crippen LogP contribution in [0.1, 0.15) is 21.6 Å². The van der Waals surface area contributed by atoms with Gasteiger partial charge in [-0.25, -0.2) is 13.3 Å². The normalized spacial score (nSPS) is 11.8. The van der Waals surface area contributed by atoms with Crippen LogP contribution in [0.3, 0.4) is 0 Å². The highest BCUT2D eigenvalue weighted by Crippen LogP contribution is 2.34. The first-order valence-corrected chi connectivity index (χ1v) is 10.2. The van der Waals surface area contributed by atoms with Crippen molar-refractivity contribution in [3.63, 3.8) is 0 Å². The molecule has 0 aliphatic heterocycles. The zero-order valence-corrected chi connectivity index (χ0v) is 17.3. The van der Waals surface area contributed by atoms with Crippen molar-refractivity contribution in [1.82, 2.24) is 8.75 Å². The fourth-order valence-corrected chi connectivity index (χ4v) is 4.05. The third-order valence-corrected chi connectivity index (χ3v) is 5.42. The molecule has 140 valence electrons. The van der Waals surface area contributed by atoms with Crippen LogP contribution < -0.4 is 4.31 Å². The number of hydrogen-bond donors (Lipinski definition) is 1. The van der Waals surface area contributed by atoms with Crippen LogP contribution in [0.5, 0.6) is 0 Å². The standard InChI is InChI=1S/C17H14BrN3O4S2/c1-25-17(22)13-8-7-12(18)10-15(13)21(27(23)24)16-14(19-26-20-16)9-11-5-3-2-4-6-11/h2-8,10H,9H2,1H3,(H,23,24). The molecule has 0 aliphatic carbocycles. The summed E-state index contributed by atoms with van der Waals surface area (Å²) in [5, 5.41) is 0. The summed E-state index contributed by atoms with van der Waals surface area (Å²) in [6.45, 7) is 0. The van der Waals surface area contributed by atoms with Crippen LogP contribution in [0.15, 0.2) is 53.0 Å². The second-order valence-corrected chi connectivity index (χ2v) is 7.65. The Morgan fingerprint density at radius 1 is 1.26 bits per heavy atom. The summed E-state index contributed by atoms with van der Waals surface area (Å²) in [7, 11) is 1.25. The molecular formula is C17H14BrN3O4S2. The maximum atomic E-state index is 12.2. The average Bonchev–Trinajstić information content (AvgIpc) is 3.09. The van der Waals surface area contributed by atoms with E-state index in [-0.39, 0.29) is 17.1 Å². The molecule has 1 N–H and O–H groups in total. The summed E-state index contributed by atoms with van der Waals surface area (Å²) in [4.78, 5) is 12.1. The highest BCUT2D eigenvalue weighted by molar-refractivity contribution is 9.10. The summed E-state index contributed by atoms with van der Waals surface area (Å²) in [6.07, 6.45) is 0.432. The minimum absolute atomic E-state index is 0.141. The zero-order valence-electron chi connectivity index (χ0n) is 14.0. The van der Waals surface area contributed by atoms with Crippen molar-refractivity contribution in [2.75, 3.05) is 11.4 Å². The van der Waals surface area contributed by atoms with Gasteiger partial charge in [0.05, 0.1) is 30.1 Å². The van der Waals surface area contributed by atoms with E-state index in [0.29, 0.717) is 16.6 Å². The molecule has 1 atom stereocenters. The zero-order chi connectivity index (χ0) is 19.4. The quantitative estimate of drug-likeness (QED) is 0.435. The number of aromatic nitrogens is 2. The lowest BCUT2D eigenvalue weighted by atomic mass is 10.1. The molecule has 7 nitrogen and oxygen atoms in total. The van der Waals surface area contributed by atoms with E-state index in [1.807, 2.05) is 30.3 Å². The molecule has 10 heteroatoms. The number of nitrogens with zero attached hydrogens (tertiary/aromatic N) is 3. The Bertz CT molecular complexity index is 981. The number of ether oxygens (including phenoxy) is 1. The number of anilines is 2. The van der Waals surface area contributed by atoms with E-state index in [1.165, 1.54) is 13.2 Å². The van der Waals surface area contributed by atoms with Crippen LogP contribution in [0.25, 0.3) is 0 Å². The second-order valence-electron chi connectivity index (χ2n) is 5.38. The molecule has 0 amide bonds. The van der Waals surface area contributed by atoms with E-state index in [1.54, 1.807) is 12.1 Å². The van der Waals surface area contributed by atoms with Gasteiger partial charge in [-0.2, -0.15) is 8.75 Å². The van der Waals surface area contributed by atoms with Gasteiger partial charge in [-0.05, 0) is 23.8 Å². The molecule has 0 spiro atoms. The van der Waals surface area contributed by atoms with E-state index >= 15 is 0 Å². The SMILES string of the molecule is COC(=O)c1ccc(Br)cc1N(c1nsnc1Cc1ccccc1)S(=O)O. The van der Waals surface area contributed by atoms with Crippen molar-refractivity contribution in [3.8, 4) is 0 Å². The predicted octanol–water partition coefficient (Wildman–Crippen LogP) is 3.95. The van der Waals surface area contributed by atoms with Gasteiger partial charge in [-0.1, -0.05) is 46.3 Å². The molecule has 1 heterocycles. The minimum atomic E-state index is -2.48. The highest BCUT2D eigenvalue weighted by atomic mass is 79.9. The Hall–Kier alpha value is -2.14. The Kier molecular flexibility index (Phi) is 6.32. The van der Waals surface area contributed by atoms with Gasteiger partial charge >= 0.3 is 5.97 Å². The molecule has 1 aromatic heterocycles. The topological polar surface area (TPSA) is 92.6 Å². The first-order valence-electron chi connectivity index (χ1n) is 7.65. The van der Waals surface area contributed by atoms with Crippen LogP contribution >= 0.6 is 27.7 Å². The number of halogens is 1. The van der Waals surface area contributed by atoms with E-state index < -0.39 is 17.2 Å². The van der Waals surface area contributed by atoms with E-state index in [4.69, 9.17) is 4.74 Å². The van der Waals surface area contributed by atoms with Gasteiger partial charge in [-0.15, -0.1) is 0 Å². The summed E-state index contributed by atoms with van der Waals surface area (Å²) < 4.78 is 37.1. The molecule has 0 radical (unpaired) electrons. The number of hydrogen-bond acceptors (Lipinski definition) is 6. The maximum absolute atomic E-state index is 12.2. The van der Waals surface area contributed by atoms with Crippen molar-refractivity contribution in [2.24, 2.45) is 0 Å². The van der Waals surface area contributed by atoms with E-state index in [0.717, 1.165) is 21.6 Å². The first kappa shape index (κ1) is 19.6. The van der Waals surface area contributed by atoms with E-state index in [9.17, 15) is 13.6 Å². The van der Waals surface area contributed by atoms with Gasteiger partial charge in [0.25, 0.3) is 11.3 Å². The minimum Gasteiger partial charge on any atom is -0.465 e. The van der Waals surface area contributed by atoms with Crippen molar-refractivity contribution in [1.29, 1.82) is 0 Å². The van der Waals surface area contributed by atoms with Crippen molar-refractivity contribution in [3.05, 3.63) is 69.8 Å². The molecule has 2 aromatic carbocycles. The van der Waals surface area contributed by atoms with Crippen molar-refractivity contribution < 1.29 is 18.3 Å². The summed E-state index contributed by atoms with van der Waals surface area (Å²) in [5.41, 5.74) is 1.85. The monoisotopic (exact) mass is 467 g/mol. The number of methoxy groups -OCH3 is 1. The fraction of sp³-hybridized carbons (Fsp3) is 0.118. The summed E-state index contributed by atoms with van der Waals surface area (Å²) >= 11 is 1.78. The van der Waals surface area contributed by atoms with Crippen LogP contribution in [0, 0.1) is 0 Å². The van der Waals surface area contributed by atoms with Gasteiger partial charge in [0.1, 0.15) is 5.69 Å². The molecule has 0 saturated carbocycles. The molecule has 3 aromatic rings. The van der Waals surface area contributed by atoms with Crippen LogP contribution in [-0.4, -0.2) is 30.6 Å². The van der Waals surface area contributed by atoms with Crippen molar-refractivity contribution >= 4 is 56.4 Å². The van der Waals surface area contributed by atoms with Crippen molar-refractivity contribution in [2.45, 2.75) is 6.42 Å². The number of benzene rings is 2. The lowest BCUT2D eigenvalue weighted by Gasteiger charge is -2.21. The molecule has 0 fully saturated rings. The molecule has 0 saturated heterocycles. The maximum Gasteiger partial charge on any atom is 0.340 e. The number of carbonyl (C=O) groups is 1. The van der Waals surface area contributed by atoms with Gasteiger partial charge in [0.2, 0.25) is 0 Å². The predicted molar refractivity (Wildman–Crippen MR) is 108 cm³/mol. The number of rotatable bonds is 6. The molecular weight excluding hydrogens is 454 g/mol.